The topological polar surface area (TPSA) is 103 Å². The highest BCUT2D eigenvalue weighted by molar-refractivity contribution is 5.97. The summed E-state index contributed by atoms with van der Waals surface area (Å²) in [6, 6.07) is 12.0. The van der Waals surface area contributed by atoms with E-state index in [2.05, 4.69) is 17.6 Å². The molecule has 0 unspecified atom stereocenters. The van der Waals surface area contributed by atoms with Crippen molar-refractivity contribution in [1.29, 1.82) is 0 Å². The van der Waals surface area contributed by atoms with Gasteiger partial charge in [0.1, 0.15) is 18.0 Å². The fourth-order valence-electron chi connectivity index (χ4n) is 2.59. The number of amides is 2. The summed E-state index contributed by atoms with van der Waals surface area (Å²) in [4.78, 5) is 36.0. The number of nitrogens with one attached hydrogen (secondary N) is 2. The molecule has 166 valence electrons. The quantitative estimate of drug-likeness (QED) is 0.421. The zero-order chi connectivity index (χ0) is 22.6. The lowest BCUT2D eigenvalue weighted by molar-refractivity contribution is -0.146. The van der Waals surface area contributed by atoms with Crippen LogP contribution in [0.4, 0.5) is 5.69 Å². The Labute approximate surface area is 181 Å². The Balaban J connectivity index is 1.74. The Kier molecular flexibility index (Phi) is 9.35. The van der Waals surface area contributed by atoms with E-state index in [1.165, 1.54) is 7.11 Å². The van der Waals surface area contributed by atoms with Crippen molar-refractivity contribution in [3.05, 3.63) is 53.6 Å². The summed E-state index contributed by atoms with van der Waals surface area (Å²) in [5.74, 6) is -0.479. The maximum absolute atomic E-state index is 12.1. The lowest BCUT2D eigenvalue weighted by Crippen LogP contribution is -2.32. The molecule has 2 aromatic carbocycles. The zero-order valence-electron chi connectivity index (χ0n) is 18.0. The van der Waals surface area contributed by atoms with E-state index in [1.54, 1.807) is 36.4 Å². The summed E-state index contributed by atoms with van der Waals surface area (Å²) in [6.45, 7) is 3.75. The van der Waals surface area contributed by atoms with Crippen LogP contribution in [-0.4, -0.2) is 44.7 Å². The van der Waals surface area contributed by atoms with Crippen molar-refractivity contribution in [1.82, 2.24) is 5.32 Å². The molecule has 0 fully saturated rings. The second kappa shape index (κ2) is 12.2. The number of benzene rings is 2. The summed E-state index contributed by atoms with van der Waals surface area (Å²) in [5, 5.41) is 5.10. The van der Waals surface area contributed by atoms with Gasteiger partial charge in [-0.3, -0.25) is 14.4 Å². The average Bonchev–Trinajstić information content (AvgIpc) is 2.77. The third-order valence-electron chi connectivity index (χ3n) is 4.27. The third kappa shape index (κ3) is 8.00. The monoisotopic (exact) mass is 428 g/mol. The van der Waals surface area contributed by atoms with E-state index in [0.717, 1.165) is 18.4 Å². The van der Waals surface area contributed by atoms with Crippen molar-refractivity contribution in [2.24, 2.45) is 0 Å². The number of carbonyl (C=O) groups excluding carboxylic acids is 3. The molecule has 0 heterocycles. The molecule has 0 aromatic heterocycles. The highest BCUT2D eigenvalue weighted by Crippen LogP contribution is 2.25. The van der Waals surface area contributed by atoms with E-state index in [1.807, 2.05) is 13.0 Å². The Morgan fingerprint density at radius 1 is 1.03 bits per heavy atom. The number of rotatable bonds is 11. The Morgan fingerprint density at radius 3 is 2.45 bits per heavy atom. The SMILES string of the molecule is CCCCOc1ccc(C(=O)NCC(=O)OCC(=O)Nc2cc(C)ccc2OC)cc1. The van der Waals surface area contributed by atoms with Gasteiger partial charge in [-0.05, 0) is 55.3 Å². The van der Waals surface area contributed by atoms with Gasteiger partial charge in [0.25, 0.3) is 11.8 Å². The van der Waals surface area contributed by atoms with E-state index in [9.17, 15) is 14.4 Å². The number of hydrogen-bond donors (Lipinski definition) is 2. The molecule has 2 aromatic rings. The molecule has 31 heavy (non-hydrogen) atoms. The number of anilines is 1. The summed E-state index contributed by atoms with van der Waals surface area (Å²) in [7, 11) is 1.50. The summed E-state index contributed by atoms with van der Waals surface area (Å²) < 4.78 is 15.6. The Hall–Kier alpha value is -3.55. The van der Waals surface area contributed by atoms with Crippen molar-refractivity contribution < 1.29 is 28.6 Å². The predicted octanol–water partition coefficient (Wildman–Crippen LogP) is 3.09. The van der Waals surface area contributed by atoms with Gasteiger partial charge in [-0.25, -0.2) is 0 Å². The first-order chi connectivity index (χ1) is 14.9. The molecule has 0 spiro atoms. The van der Waals surface area contributed by atoms with E-state index >= 15 is 0 Å². The molecule has 0 aliphatic rings. The number of methoxy groups -OCH3 is 1. The maximum Gasteiger partial charge on any atom is 0.325 e. The molecule has 0 saturated carbocycles. The fraction of sp³-hybridized carbons (Fsp3) is 0.348. The van der Waals surface area contributed by atoms with Crippen LogP contribution >= 0.6 is 0 Å². The summed E-state index contributed by atoms with van der Waals surface area (Å²) >= 11 is 0. The highest BCUT2D eigenvalue weighted by atomic mass is 16.5. The summed E-state index contributed by atoms with van der Waals surface area (Å²) in [5.41, 5.74) is 1.82. The molecule has 0 bridgehead atoms. The minimum absolute atomic E-state index is 0.353. The first-order valence-corrected chi connectivity index (χ1v) is 10.0. The molecule has 0 aliphatic carbocycles. The van der Waals surface area contributed by atoms with Crippen LogP contribution in [0.3, 0.4) is 0 Å². The maximum atomic E-state index is 12.1. The zero-order valence-corrected chi connectivity index (χ0v) is 18.0. The number of carbonyl (C=O) groups is 3. The first kappa shape index (κ1) is 23.7. The molecule has 8 nitrogen and oxygen atoms in total. The van der Waals surface area contributed by atoms with Gasteiger partial charge in [0, 0.05) is 5.56 Å². The standard InChI is InChI=1S/C23H28N2O6/c1-4-5-12-30-18-9-7-17(8-10-18)23(28)24-14-22(27)31-15-21(26)25-19-13-16(2)6-11-20(19)29-3/h6-11,13H,4-5,12,14-15H2,1-3H3,(H,24,28)(H,25,26). The van der Waals surface area contributed by atoms with Crippen molar-refractivity contribution in [3.63, 3.8) is 0 Å². The molecule has 0 atom stereocenters. The third-order valence-corrected chi connectivity index (χ3v) is 4.27. The smallest absolute Gasteiger partial charge is 0.325 e. The minimum Gasteiger partial charge on any atom is -0.495 e. The van der Waals surface area contributed by atoms with Gasteiger partial charge >= 0.3 is 5.97 Å². The van der Waals surface area contributed by atoms with E-state index in [0.29, 0.717) is 29.4 Å². The van der Waals surface area contributed by atoms with Gasteiger partial charge in [0.15, 0.2) is 6.61 Å². The lowest BCUT2D eigenvalue weighted by atomic mass is 10.2. The van der Waals surface area contributed by atoms with Gasteiger partial charge < -0.3 is 24.8 Å². The van der Waals surface area contributed by atoms with Gasteiger partial charge in [-0.2, -0.15) is 0 Å². The molecular formula is C23H28N2O6. The van der Waals surface area contributed by atoms with Crippen LogP contribution < -0.4 is 20.1 Å². The van der Waals surface area contributed by atoms with Gasteiger partial charge in [-0.1, -0.05) is 19.4 Å². The van der Waals surface area contributed by atoms with E-state index in [-0.39, 0.29) is 6.54 Å². The highest BCUT2D eigenvalue weighted by Gasteiger charge is 2.13. The van der Waals surface area contributed by atoms with Crippen LogP contribution in [0.25, 0.3) is 0 Å². The molecule has 2 rings (SSSR count). The van der Waals surface area contributed by atoms with Crippen LogP contribution in [0.15, 0.2) is 42.5 Å². The molecule has 8 heteroatoms. The number of unbranched alkanes of at least 4 members (excludes halogenated alkanes) is 1. The molecule has 0 aliphatic heterocycles. The van der Waals surface area contributed by atoms with Crippen molar-refractivity contribution in [2.75, 3.05) is 32.2 Å². The Morgan fingerprint density at radius 2 is 1.77 bits per heavy atom. The van der Waals surface area contributed by atoms with Crippen LogP contribution in [-0.2, 0) is 14.3 Å². The number of aryl methyl sites for hydroxylation is 1. The molecule has 0 saturated heterocycles. The van der Waals surface area contributed by atoms with Gasteiger partial charge in [0.05, 0.1) is 19.4 Å². The van der Waals surface area contributed by atoms with Crippen LogP contribution in [0.2, 0.25) is 0 Å². The second-order valence-corrected chi connectivity index (χ2v) is 6.82. The normalized spacial score (nSPS) is 10.2. The molecular weight excluding hydrogens is 400 g/mol. The van der Waals surface area contributed by atoms with Crippen LogP contribution in [0, 0.1) is 6.92 Å². The molecule has 2 amide bonds. The Bertz CT molecular complexity index is 895. The predicted molar refractivity (Wildman–Crippen MR) is 116 cm³/mol. The van der Waals surface area contributed by atoms with Crippen LogP contribution in [0.1, 0.15) is 35.7 Å². The fourth-order valence-corrected chi connectivity index (χ4v) is 2.59. The van der Waals surface area contributed by atoms with Crippen molar-refractivity contribution in [2.45, 2.75) is 26.7 Å². The van der Waals surface area contributed by atoms with Crippen molar-refractivity contribution >= 4 is 23.5 Å². The molecule has 2 N–H and O–H groups in total. The van der Waals surface area contributed by atoms with E-state index < -0.39 is 24.4 Å². The minimum atomic E-state index is -0.723. The molecule has 0 radical (unpaired) electrons. The van der Waals surface area contributed by atoms with Gasteiger partial charge in [0.2, 0.25) is 0 Å². The first-order valence-electron chi connectivity index (χ1n) is 10.0. The van der Waals surface area contributed by atoms with Crippen LogP contribution in [0.5, 0.6) is 11.5 Å². The van der Waals surface area contributed by atoms with Gasteiger partial charge in [-0.15, -0.1) is 0 Å². The lowest BCUT2D eigenvalue weighted by Gasteiger charge is -2.11. The number of ether oxygens (including phenoxy) is 3. The number of esters is 1. The summed E-state index contributed by atoms with van der Waals surface area (Å²) in [6.07, 6.45) is 2.00. The largest absolute Gasteiger partial charge is 0.495 e. The van der Waals surface area contributed by atoms with Crippen molar-refractivity contribution in [3.8, 4) is 11.5 Å². The number of hydrogen-bond acceptors (Lipinski definition) is 6. The average molecular weight is 428 g/mol. The van der Waals surface area contributed by atoms with E-state index in [4.69, 9.17) is 14.2 Å². The second-order valence-electron chi connectivity index (χ2n) is 6.82.